The van der Waals surface area contributed by atoms with E-state index in [1.165, 1.54) is 0 Å². The van der Waals surface area contributed by atoms with E-state index >= 15 is 0 Å². The lowest BCUT2D eigenvalue weighted by atomic mass is 10.3. The van der Waals surface area contributed by atoms with Crippen molar-refractivity contribution in [3.8, 4) is 11.5 Å². The van der Waals surface area contributed by atoms with Gasteiger partial charge in [-0.3, -0.25) is 4.79 Å². The van der Waals surface area contributed by atoms with Gasteiger partial charge in [0.2, 0.25) is 5.91 Å². The zero-order valence-corrected chi connectivity index (χ0v) is 12.9. The lowest BCUT2D eigenvalue weighted by Gasteiger charge is -2.17. The van der Waals surface area contributed by atoms with Crippen molar-refractivity contribution >= 4 is 29.1 Å². The Labute approximate surface area is 128 Å². The molecule has 0 saturated heterocycles. The molecule has 2 rings (SSSR count). The molecule has 1 saturated carbocycles. The van der Waals surface area contributed by atoms with Gasteiger partial charge in [0.15, 0.2) is 11.5 Å². The number of carbonyl (C=O) groups excluding carboxylic acids is 1. The maximum Gasteiger partial charge on any atom is 0.226 e. The Bertz CT molecular complexity index is 493. The number of carbonyl (C=O) groups is 1. The monoisotopic (exact) mass is 317 g/mol. The Kier molecular flexibility index (Phi) is 4.66. The highest BCUT2D eigenvalue weighted by molar-refractivity contribution is 6.52. The van der Waals surface area contributed by atoms with E-state index < -0.39 is 4.33 Å². The van der Waals surface area contributed by atoms with Crippen LogP contribution < -0.4 is 14.8 Å². The standard InChI is InChI=1S/C14H17Cl2NO3/c1-9(8-17-13(18)10-7-14(10,15)16)20-12-6-4-3-5-11(12)19-2/h3-6,9-10H,7-8H2,1-2H3,(H,17,18)/t9-,10-/m0/s1. The first-order valence-corrected chi connectivity index (χ1v) is 7.15. The lowest BCUT2D eigenvalue weighted by molar-refractivity contribution is -0.122. The highest BCUT2D eigenvalue weighted by Gasteiger charge is 2.56. The first kappa shape index (κ1) is 15.3. The van der Waals surface area contributed by atoms with Crippen molar-refractivity contribution in [2.45, 2.75) is 23.8 Å². The van der Waals surface area contributed by atoms with E-state index in [0.717, 1.165) is 0 Å². The van der Waals surface area contributed by atoms with Gasteiger partial charge in [0.05, 0.1) is 19.6 Å². The van der Waals surface area contributed by atoms with Crippen LogP contribution in [0.3, 0.4) is 0 Å². The number of hydrogen-bond donors (Lipinski definition) is 1. The van der Waals surface area contributed by atoms with Crippen LogP contribution in [-0.4, -0.2) is 30.0 Å². The Morgan fingerprint density at radius 2 is 2.05 bits per heavy atom. The second-order valence-corrected chi connectivity index (χ2v) is 6.38. The van der Waals surface area contributed by atoms with E-state index in [4.69, 9.17) is 32.7 Å². The van der Waals surface area contributed by atoms with Gasteiger partial charge < -0.3 is 14.8 Å². The highest BCUT2D eigenvalue weighted by Crippen LogP contribution is 2.53. The topological polar surface area (TPSA) is 47.6 Å². The van der Waals surface area contributed by atoms with Crippen molar-refractivity contribution in [2.24, 2.45) is 5.92 Å². The quantitative estimate of drug-likeness (QED) is 0.821. The average Bonchev–Trinajstić information content (AvgIpc) is 3.06. The number of benzene rings is 1. The molecule has 0 radical (unpaired) electrons. The lowest BCUT2D eigenvalue weighted by Crippen LogP contribution is -2.35. The Hall–Kier alpha value is -1.13. The van der Waals surface area contributed by atoms with Crippen molar-refractivity contribution in [3.05, 3.63) is 24.3 Å². The fourth-order valence-corrected chi connectivity index (χ4v) is 2.35. The number of alkyl halides is 2. The Morgan fingerprint density at radius 3 is 2.60 bits per heavy atom. The molecular formula is C14H17Cl2NO3. The first-order valence-electron chi connectivity index (χ1n) is 6.39. The summed E-state index contributed by atoms with van der Waals surface area (Å²) in [6, 6.07) is 7.37. The summed E-state index contributed by atoms with van der Waals surface area (Å²) in [5, 5.41) is 2.78. The van der Waals surface area contributed by atoms with Crippen LogP contribution in [0.4, 0.5) is 0 Å². The molecular weight excluding hydrogens is 301 g/mol. The van der Waals surface area contributed by atoms with Crippen molar-refractivity contribution in [3.63, 3.8) is 0 Å². The number of para-hydroxylation sites is 2. The molecule has 0 bridgehead atoms. The minimum absolute atomic E-state index is 0.134. The SMILES string of the molecule is COc1ccccc1O[C@@H](C)CNC(=O)[C@@H]1CC1(Cl)Cl. The smallest absolute Gasteiger partial charge is 0.226 e. The Balaban J connectivity index is 1.81. The molecule has 1 amide bonds. The third-order valence-corrected chi connectivity index (χ3v) is 3.94. The van der Waals surface area contributed by atoms with Crippen LogP contribution in [0.5, 0.6) is 11.5 Å². The number of amides is 1. The number of hydrogen-bond acceptors (Lipinski definition) is 3. The number of rotatable bonds is 6. The van der Waals surface area contributed by atoms with E-state index in [9.17, 15) is 4.79 Å². The van der Waals surface area contributed by atoms with Gasteiger partial charge in [-0.05, 0) is 25.5 Å². The van der Waals surface area contributed by atoms with E-state index in [2.05, 4.69) is 5.32 Å². The van der Waals surface area contributed by atoms with E-state index in [0.29, 0.717) is 24.5 Å². The predicted octanol–water partition coefficient (Wildman–Crippen LogP) is 2.77. The molecule has 4 nitrogen and oxygen atoms in total. The molecule has 1 N–H and O–H groups in total. The molecule has 110 valence electrons. The van der Waals surface area contributed by atoms with E-state index in [1.54, 1.807) is 7.11 Å². The summed E-state index contributed by atoms with van der Waals surface area (Å²) in [5.74, 6) is 0.857. The molecule has 1 fully saturated rings. The third-order valence-electron chi connectivity index (χ3n) is 3.10. The summed E-state index contributed by atoms with van der Waals surface area (Å²) in [5.41, 5.74) is 0. The molecule has 0 heterocycles. The van der Waals surface area contributed by atoms with Gasteiger partial charge in [0, 0.05) is 0 Å². The van der Waals surface area contributed by atoms with Gasteiger partial charge in [0.25, 0.3) is 0 Å². The molecule has 1 aliphatic rings. The Morgan fingerprint density at radius 1 is 1.45 bits per heavy atom. The molecule has 2 atom stereocenters. The van der Waals surface area contributed by atoms with Gasteiger partial charge in [-0.25, -0.2) is 0 Å². The van der Waals surface area contributed by atoms with Crippen LogP contribution in [0.1, 0.15) is 13.3 Å². The van der Waals surface area contributed by atoms with E-state index in [-0.39, 0.29) is 17.9 Å². The second kappa shape index (κ2) is 6.10. The summed E-state index contributed by atoms with van der Waals surface area (Å²) in [6.45, 7) is 2.26. The summed E-state index contributed by atoms with van der Waals surface area (Å²) in [7, 11) is 1.59. The van der Waals surface area contributed by atoms with Crippen LogP contribution in [0.2, 0.25) is 0 Å². The third kappa shape index (κ3) is 3.70. The maximum absolute atomic E-state index is 11.7. The summed E-state index contributed by atoms with van der Waals surface area (Å²) in [6.07, 6.45) is 0.318. The second-order valence-electron chi connectivity index (χ2n) is 4.84. The molecule has 1 aliphatic carbocycles. The molecule has 1 aromatic carbocycles. The average molecular weight is 318 g/mol. The minimum atomic E-state index is -0.892. The van der Waals surface area contributed by atoms with Crippen molar-refractivity contribution in [2.75, 3.05) is 13.7 Å². The van der Waals surface area contributed by atoms with Gasteiger partial charge in [-0.2, -0.15) is 0 Å². The zero-order valence-electron chi connectivity index (χ0n) is 11.4. The molecule has 1 aromatic rings. The number of ether oxygens (including phenoxy) is 2. The zero-order chi connectivity index (χ0) is 14.8. The molecule has 6 heteroatoms. The molecule has 0 aromatic heterocycles. The van der Waals surface area contributed by atoms with Gasteiger partial charge >= 0.3 is 0 Å². The first-order chi connectivity index (χ1) is 9.44. The highest BCUT2D eigenvalue weighted by atomic mass is 35.5. The predicted molar refractivity (Wildman–Crippen MR) is 78.6 cm³/mol. The van der Waals surface area contributed by atoms with Crippen molar-refractivity contribution < 1.29 is 14.3 Å². The normalized spacial score (nSPS) is 20.9. The molecule has 0 aliphatic heterocycles. The minimum Gasteiger partial charge on any atom is -0.493 e. The van der Waals surface area contributed by atoms with Gasteiger partial charge in [-0.1, -0.05) is 12.1 Å². The van der Waals surface area contributed by atoms with Crippen molar-refractivity contribution in [1.82, 2.24) is 5.32 Å². The van der Waals surface area contributed by atoms with Gasteiger partial charge in [0.1, 0.15) is 10.4 Å². The summed E-state index contributed by atoms with van der Waals surface area (Å²) in [4.78, 5) is 11.7. The number of halogens is 2. The number of methoxy groups -OCH3 is 1. The van der Waals surface area contributed by atoms with Crippen LogP contribution in [0.25, 0.3) is 0 Å². The number of nitrogens with one attached hydrogen (secondary N) is 1. The van der Waals surface area contributed by atoms with Crippen LogP contribution in [0, 0.1) is 5.92 Å². The largest absolute Gasteiger partial charge is 0.493 e. The fraction of sp³-hybridized carbons (Fsp3) is 0.500. The van der Waals surface area contributed by atoms with Gasteiger partial charge in [-0.15, -0.1) is 23.2 Å². The molecule has 0 spiro atoms. The van der Waals surface area contributed by atoms with E-state index in [1.807, 2.05) is 31.2 Å². The molecule has 20 heavy (non-hydrogen) atoms. The van der Waals surface area contributed by atoms with Crippen LogP contribution in [-0.2, 0) is 4.79 Å². The van der Waals surface area contributed by atoms with Crippen LogP contribution >= 0.6 is 23.2 Å². The summed E-state index contributed by atoms with van der Waals surface area (Å²) >= 11 is 11.7. The summed E-state index contributed by atoms with van der Waals surface area (Å²) < 4.78 is 10.0. The molecule has 0 unspecified atom stereocenters. The van der Waals surface area contributed by atoms with Crippen molar-refractivity contribution in [1.29, 1.82) is 0 Å². The fourth-order valence-electron chi connectivity index (χ4n) is 1.84. The maximum atomic E-state index is 11.7. The van der Waals surface area contributed by atoms with Crippen LogP contribution in [0.15, 0.2) is 24.3 Å².